The summed E-state index contributed by atoms with van der Waals surface area (Å²) in [5.41, 5.74) is -0.401. The minimum absolute atomic E-state index is 0.0139. The largest absolute Gasteiger partial charge is 0.493 e. The molecule has 72 valence electrons. The van der Waals surface area contributed by atoms with Gasteiger partial charge in [0, 0.05) is 12.3 Å². The lowest BCUT2D eigenvalue weighted by molar-refractivity contribution is 0.140. The van der Waals surface area contributed by atoms with Crippen molar-refractivity contribution < 1.29 is 18.3 Å². The van der Waals surface area contributed by atoms with Crippen molar-refractivity contribution in [2.45, 2.75) is 6.43 Å². The summed E-state index contributed by atoms with van der Waals surface area (Å²) in [6, 6.07) is 1.46. The zero-order chi connectivity index (χ0) is 9.84. The van der Waals surface area contributed by atoms with E-state index in [1.54, 1.807) is 0 Å². The van der Waals surface area contributed by atoms with E-state index in [1.807, 2.05) is 0 Å². The van der Waals surface area contributed by atoms with E-state index in [0.717, 1.165) is 0 Å². The van der Waals surface area contributed by atoms with Gasteiger partial charge < -0.3 is 9.47 Å². The van der Waals surface area contributed by atoms with Crippen molar-refractivity contribution in [2.75, 3.05) is 14.2 Å². The third-order valence-electron chi connectivity index (χ3n) is 1.53. The Kier molecular flexibility index (Phi) is 3.00. The molecule has 0 N–H and O–H groups in total. The minimum atomic E-state index is -2.66. The van der Waals surface area contributed by atoms with Gasteiger partial charge in [0.2, 0.25) is 0 Å². The van der Waals surface area contributed by atoms with Crippen LogP contribution in [0.4, 0.5) is 8.78 Å². The maximum Gasteiger partial charge on any atom is 0.284 e. The van der Waals surface area contributed by atoms with Gasteiger partial charge in [0.1, 0.15) is 0 Å². The third-order valence-corrected chi connectivity index (χ3v) is 1.53. The molecule has 1 aromatic heterocycles. The summed E-state index contributed by atoms with van der Waals surface area (Å²) in [7, 11) is 2.68. The van der Waals surface area contributed by atoms with Crippen LogP contribution in [0.15, 0.2) is 12.3 Å². The Hall–Kier alpha value is -1.39. The van der Waals surface area contributed by atoms with E-state index < -0.39 is 12.1 Å². The molecule has 0 bridgehead atoms. The summed E-state index contributed by atoms with van der Waals surface area (Å²) in [4.78, 5) is 3.50. The second-order valence-corrected chi connectivity index (χ2v) is 2.23. The number of pyridine rings is 1. The van der Waals surface area contributed by atoms with Crippen LogP contribution < -0.4 is 9.47 Å². The van der Waals surface area contributed by atoms with Gasteiger partial charge in [-0.1, -0.05) is 0 Å². The maximum absolute atomic E-state index is 12.3. The maximum atomic E-state index is 12.3. The number of alkyl halides is 2. The molecule has 0 aromatic carbocycles. The molecule has 1 rings (SSSR count). The second kappa shape index (κ2) is 4.02. The van der Waals surface area contributed by atoms with E-state index in [4.69, 9.17) is 9.47 Å². The van der Waals surface area contributed by atoms with Crippen molar-refractivity contribution in [3.8, 4) is 11.5 Å². The van der Waals surface area contributed by atoms with Crippen LogP contribution >= 0.6 is 0 Å². The summed E-state index contributed by atoms with van der Waals surface area (Å²) in [5.74, 6) is 0.243. The van der Waals surface area contributed by atoms with Crippen LogP contribution in [0.2, 0.25) is 0 Å². The minimum Gasteiger partial charge on any atom is -0.493 e. The van der Waals surface area contributed by atoms with E-state index in [2.05, 4.69) is 4.98 Å². The molecule has 0 atom stereocenters. The lowest BCUT2D eigenvalue weighted by Gasteiger charge is -2.10. The molecule has 3 nitrogen and oxygen atoms in total. The average molecular weight is 189 g/mol. The van der Waals surface area contributed by atoms with E-state index in [-0.39, 0.29) is 11.5 Å². The highest BCUT2D eigenvalue weighted by Crippen LogP contribution is 2.34. The molecular formula is C8H9F2NO2. The fraction of sp³-hybridized carbons (Fsp3) is 0.375. The van der Waals surface area contributed by atoms with Gasteiger partial charge in [0.25, 0.3) is 6.43 Å². The first kappa shape index (κ1) is 9.70. The summed E-state index contributed by atoms with van der Waals surface area (Å²) in [5, 5.41) is 0. The average Bonchev–Trinajstić information content (AvgIpc) is 2.16. The number of rotatable bonds is 3. The van der Waals surface area contributed by atoms with Crippen LogP contribution in [-0.4, -0.2) is 19.2 Å². The molecule has 0 unspecified atom stereocenters. The summed E-state index contributed by atoms with van der Waals surface area (Å²) in [6.07, 6.45) is -1.41. The Morgan fingerprint density at radius 2 is 2.00 bits per heavy atom. The molecule has 0 saturated heterocycles. The normalized spacial score (nSPS) is 10.2. The fourth-order valence-corrected chi connectivity index (χ4v) is 0.967. The third kappa shape index (κ3) is 1.85. The molecule has 13 heavy (non-hydrogen) atoms. The molecular weight excluding hydrogens is 180 g/mol. The fourth-order valence-electron chi connectivity index (χ4n) is 0.967. The van der Waals surface area contributed by atoms with Crippen molar-refractivity contribution in [3.63, 3.8) is 0 Å². The number of aromatic nitrogens is 1. The van der Waals surface area contributed by atoms with Gasteiger partial charge in [-0.25, -0.2) is 8.78 Å². The first-order valence-electron chi connectivity index (χ1n) is 3.55. The monoisotopic (exact) mass is 189 g/mol. The van der Waals surface area contributed by atoms with Crippen LogP contribution in [0.5, 0.6) is 11.5 Å². The summed E-state index contributed by atoms with van der Waals surface area (Å²) >= 11 is 0. The van der Waals surface area contributed by atoms with Crippen LogP contribution in [0.25, 0.3) is 0 Å². The molecule has 0 fully saturated rings. The van der Waals surface area contributed by atoms with Crippen LogP contribution in [0.3, 0.4) is 0 Å². The first-order chi connectivity index (χ1) is 6.20. The topological polar surface area (TPSA) is 31.4 Å². The number of hydrogen-bond acceptors (Lipinski definition) is 3. The predicted octanol–water partition coefficient (Wildman–Crippen LogP) is 2.04. The van der Waals surface area contributed by atoms with Gasteiger partial charge in [0.05, 0.1) is 14.2 Å². The van der Waals surface area contributed by atoms with Gasteiger partial charge >= 0.3 is 0 Å². The highest BCUT2D eigenvalue weighted by molar-refractivity contribution is 5.42. The standard InChI is InChI=1S/C8H9F2NO2/c1-12-5-3-4-11-6(8(9)10)7(5)13-2/h3-4,8H,1-2H3. The van der Waals surface area contributed by atoms with Crippen LogP contribution in [0, 0.1) is 0 Å². The van der Waals surface area contributed by atoms with Crippen LogP contribution in [0.1, 0.15) is 12.1 Å². The van der Waals surface area contributed by atoms with Gasteiger partial charge in [-0.05, 0) is 0 Å². The van der Waals surface area contributed by atoms with Crippen LogP contribution in [-0.2, 0) is 0 Å². The quantitative estimate of drug-likeness (QED) is 0.729. The molecule has 1 heterocycles. The highest BCUT2D eigenvalue weighted by atomic mass is 19.3. The van der Waals surface area contributed by atoms with Gasteiger partial charge in [-0.3, -0.25) is 4.98 Å². The zero-order valence-electron chi connectivity index (χ0n) is 7.25. The lowest BCUT2D eigenvalue weighted by atomic mass is 10.3. The molecule has 0 amide bonds. The van der Waals surface area contributed by atoms with Crippen molar-refractivity contribution in [1.82, 2.24) is 4.98 Å². The van der Waals surface area contributed by atoms with Crippen molar-refractivity contribution >= 4 is 0 Å². The smallest absolute Gasteiger partial charge is 0.284 e. The second-order valence-electron chi connectivity index (χ2n) is 2.23. The van der Waals surface area contributed by atoms with E-state index in [0.29, 0.717) is 0 Å². The van der Waals surface area contributed by atoms with Gasteiger partial charge in [0.15, 0.2) is 17.2 Å². The Morgan fingerprint density at radius 3 is 2.46 bits per heavy atom. The lowest BCUT2D eigenvalue weighted by Crippen LogP contribution is -1.98. The number of ether oxygens (including phenoxy) is 2. The SMILES string of the molecule is COc1ccnc(C(F)F)c1OC. The number of hydrogen-bond donors (Lipinski definition) is 0. The molecule has 0 saturated carbocycles. The molecule has 5 heteroatoms. The van der Waals surface area contributed by atoms with Gasteiger partial charge in [-0.2, -0.15) is 0 Å². The Bertz CT molecular complexity index is 291. The first-order valence-corrected chi connectivity index (χ1v) is 3.55. The highest BCUT2D eigenvalue weighted by Gasteiger charge is 2.18. The summed E-state index contributed by atoms with van der Waals surface area (Å²) < 4.78 is 34.3. The molecule has 0 aliphatic heterocycles. The summed E-state index contributed by atoms with van der Waals surface area (Å²) in [6.45, 7) is 0. The molecule has 1 aromatic rings. The molecule has 0 spiro atoms. The molecule has 0 aliphatic rings. The molecule has 0 aliphatic carbocycles. The Labute approximate surface area is 74.3 Å². The number of nitrogens with zero attached hydrogens (tertiary/aromatic N) is 1. The van der Waals surface area contributed by atoms with E-state index in [1.165, 1.54) is 26.5 Å². The predicted molar refractivity (Wildman–Crippen MR) is 42.3 cm³/mol. The van der Waals surface area contributed by atoms with Gasteiger partial charge in [-0.15, -0.1) is 0 Å². The zero-order valence-corrected chi connectivity index (χ0v) is 7.25. The van der Waals surface area contributed by atoms with E-state index in [9.17, 15) is 8.78 Å². The Balaban J connectivity index is 3.19. The number of methoxy groups -OCH3 is 2. The van der Waals surface area contributed by atoms with E-state index >= 15 is 0 Å². The molecule has 0 radical (unpaired) electrons. The van der Waals surface area contributed by atoms with Crippen molar-refractivity contribution in [2.24, 2.45) is 0 Å². The van der Waals surface area contributed by atoms with Crippen molar-refractivity contribution in [1.29, 1.82) is 0 Å². The number of halogens is 2. The van der Waals surface area contributed by atoms with Crippen molar-refractivity contribution in [3.05, 3.63) is 18.0 Å². The Morgan fingerprint density at radius 1 is 1.31 bits per heavy atom.